The Balaban J connectivity index is 2.30. The van der Waals surface area contributed by atoms with Gasteiger partial charge in [-0.25, -0.2) is 4.79 Å². The molecule has 1 saturated carbocycles. The van der Waals surface area contributed by atoms with Gasteiger partial charge in [0.15, 0.2) is 0 Å². The number of amides is 3. The molecule has 2 fully saturated rings. The van der Waals surface area contributed by atoms with E-state index < -0.39 is 53.4 Å². The van der Waals surface area contributed by atoms with E-state index in [1.54, 1.807) is 5.32 Å². The van der Waals surface area contributed by atoms with Crippen molar-refractivity contribution in [3.05, 3.63) is 0 Å². The van der Waals surface area contributed by atoms with Gasteiger partial charge in [0.1, 0.15) is 18.1 Å². The first-order valence-corrected chi connectivity index (χ1v) is 10.0. The van der Waals surface area contributed by atoms with Crippen molar-refractivity contribution in [3.8, 4) is 0 Å². The zero-order valence-corrected chi connectivity index (χ0v) is 18.7. The van der Waals surface area contributed by atoms with E-state index >= 15 is 0 Å². The summed E-state index contributed by atoms with van der Waals surface area (Å²) in [5, 5.41) is 4.31. The predicted octanol–water partition coefficient (Wildman–Crippen LogP) is 1.24. The van der Waals surface area contributed by atoms with Gasteiger partial charge in [0.2, 0.25) is 11.8 Å². The fourth-order valence-electron chi connectivity index (χ4n) is 4.38. The van der Waals surface area contributed by atoms with E-state index in [4.69, 9.17) is 0 Å². The summed E-state index contributed by atoms with van der Waals surface area (Å²) in [4.78, 5) is 50.7. The molecule has 0 aromatic carbocycles. The number of alkyl halides is 3. The Morgan fingerprint density at radius 3 is 2.10 bits per heavy atom. The van der Waals surface area contributed by atoms with E-state index in [0.29, 0.717) is 0 Å². The average molecular weight is 449 g/mol. The topological polar surface area (TPSA) is 105 Å². The van der Waals surface area contributed by atoms with Gasteiger partial charge in [0.25, 0.3) is 0 Å². The highest BCUT2D eigenvalue weighted by atomic mass is 19.4. The van der Waals surface area contributed by atoms with Crippen LogP contribution in [-0.2, 0) is 23.9 Å². The van der Waals surface area contributed by atoms with E-state index in [-0.39, 0.29) is 23.8 Å². The summed E-state index contributed by atoms with van der Waals surface area (Å²) in [7, 11) is 1.17. The van der Waals surface area contributed by atoms with Gasteiger partial charge in [-0.15, -0.1) is 0 Å². The van der Waals surface area contributed by atoms with Crippen LogP contribution in [0, 0.1) is 22.7 Å². The van der Waals surface area contributed by atoms with Crippen molar-refractivity contribution in [2.24, 2.45) is 22.7 Å². The monoisotopic (exact) mass is 449 g/mol. The Morgan fingerprint density at radius 1 is 1.10 bits per heavy atom. The summed E-state index contributed by atoms with van der Waals surface area (Å²) in [6.45, 7) is 10.1. The number of methoxy groups -OCH3 is 1. The van der Waals surface area contributed by atoms with E-state index in [1.165, 1.54) is 39.7 Å². The summed E-state index contributed by atoms with van der Waals surface area (Å²) < 4.78 is 43.1. The standard InChI is InChI=1S/C20H30F3N3O5/c1-9(16(29)31-7)24-14(27)12-11-10(19(11,5)6)8-26(12)15(28)13(18(2,3)4)25-17(30)20(21,22)23/h9-13H,8H2,1-7H3,(H,24,27)(H,25,30)/t9-,10?,11-,12-,13+/m0/s1. The second-order valence-electron chi connectivity index (χ2n) is 9.91. The number of esters is 1. The summed E-state index contributed by atoms with van der Waals surface area (Å²) in [6.07, 6.45) is -5.15. The van der Waals surface area contributed by atoms with E-state index in [0.717, 1.165) is 0 Å². The molecule has 3 amide bonds. The highest BCUT2D eigenvalue weighted by Gasteiger charge is 2.70. The van der Waals surface area contributed by atoms with Crippen molar-refractivity contribution in [1.29, 1.82) is 0 Å². The number of nitrogens with zero attached hydrogens (tertiary/aromatic N) is 1. The number of rotatable bonds is 5. The van der Waals surface area contributed by atoms with Crippen molar-refractivity contribution in [2.45, 2.75) is 65.8 Å². The molecular formula is C20H30F3N3O5. The first kappa shape index (κ1) is 24.9. The van der Waals surface area contributed by atoms with Crippen LogP contribution in [0.2, 0.25) is 0 Å². The third-order valence-corrected chi connectivity index (χ3v) is 6.32. The number of halogens is 3. The molecule has 1 aliphatic heterocycles. The summed E-state index contributed by atoms with van der Waals surface area (Å²) >= 11 is 0. The molecule has 11 heteroatoms. The molecule has 1 saturated heterocycles. The van der Waals surface area contributed by atoms with E-state index in [2.05, 4.69) is 10.1 Å². The highest BCUT2D eigenvalue weighted by Crippen LogP contribution is 2.65. The van der Waals surface area contributed by atoms with Gasteiger partial charge in [-0.05, 0) is 29.6 Å². The molecule has 1 unspecified atom stereocenters. The molecule has 0 radical (unpaired) electrons. The summed E-state index contributed by atoms with van der Waals surface area (Å²) in [5.74, 6) is -4.45. The number of carbonyl (C=O) groups is 4. The maximum atomic E-state index is 13.3. The van der Waals surface area contributed by atoms with Crippen LogP contribution >= 0.6 is 0 Å². The van der Waals surface area contributed by atoms with Gasteiger partial charge in [0.05, 0.1) is 7.11 Å². The molecule has 5 atom stereocenters. The van der Waals surface area contributed by atoms with Crippen LogP contribution in [0.15, 0.2) is 0 Å². The highest BCUT2D eigenvalue weighted by molar-refractivity contribution is 5.95. The Bertz CT molecular complexity index is 775. The smallest absolute Gasteiger partial charge is 0.467 e. The van der Waals surface area contributed by atoms with Crippen LogP contribution in [-0.4, -0.2) is 66.5 Å². The number of piperidine rings is 1. The molecule has 176 valence electrons. The minimum atomic E-state index is -5.15. The van der Waals surface area contributed by atoms with Crippen LogP contribution in [0.3, 0.4) is 0 Å². The van der Waals surface area contributed by atoms with Crippen LogP contribution < -0.4 is 10.6 Å². The average Bonchev–Trinajstić information content (AvgIpc) is 2.98. The first-order valence-electron chi connectivity index (χ1n) is 10.0. The second kappa shape index (κ2) is 7.98. The van der Waals surface area contributed by atoms with Crippen molar-refractivity contribution >= 4 is 23.7 Å². The van der Waals surface area contributed by atoms with Crippen molar-refractivity contribution in [3.63, 3.8) is 0 Å². The Hall–Kier alpha value is -2.33. The molecule has 2 rings (SSSR count). The third kappa shape index (κ3) is 4.79. The summed E-state index contributed by atoms with van der Waals surface area (Å²) in [6, 6.07) is -3.42. The number of nitrogens with one attached hydrogen (secondary N) is 2. The number of hydrogen-bond donors (Lipinski definition) is 2. The lowest BCUT2D eigenvalue weighted by Gasteiger charge is -2.37. The minimum absolute atomic E-state index is 0.0143. The maximum absolute atomic E-state index is 13.3. The Kier molecular flexibility index (Phi) is 6.42. The van der Waals surface area contributed by atoms with Gasteiger partial charge in [0, 0.05) is 6.54 Å². The number of hydrogen-bond acceptors (Lipinski definition) is 5. The quantitative estimate of drug-likeness (QED) is 0.615. The molecule has 8 nitrogen and oxygen atoms in total. The van der Waals surface area contributed by atoms with Gasteiger partial charge in [-0.2, -0.15) is 13.2 Å². The van der Waals surface area contributed by atoms with Gasteiger partial charge >= 0.3 is 18.1 Å². The van der Waals surface area contributed by atoms with Gasteiger partial charge in [-0.3, -0.25) is 14.4 Å². The predicted molar refractivity (Wildman–Crippen MR) is 103 cm³/mol. The minimum Gasteiger partial charge on any atom is -0.467 e. The zero-order chi connectivity index (χ0) is 24.1. The molecule has 2 N–H and O–H groups in total. The molecule has 2 aliphatic rings. The molecule has 1 heterocycles. The van der Waals surface area contributed by atoms with Crippen molar-refractivity contribution in [2.75, 3.05) is 13.7 Å². The Morgan fingerprint density at radius 2 is 1.65 bits per heavy atom. The number of fused-ring (bicyclic) bond motifs is 1. The normalized spacial score (nSPS) is 26.4. The summed E-state index contributed by atoms with van der Waals surface area (Å²) in [5.41, 5.74) is -1.28. The van der Waals surface area contributed by atoms with Gasteiger partial charge < -0.3 is 20.3 Å². The van der Waals surface area contributed by atoms with Crippen LogP contribution in [0.25, 0.3) is 0 Å². The maximum Gasteiger partial charge on any atom is 0.471 e. The van der Waals surface area contributed by atoms with Crippen LogP contribution in [0.1, 0.15) is 41.5 Å². The molecule has 0 bridgehead atoms. The lowest BCUT2D eigenvalue weighted by Crippen LogP contribution is -2.61. The number of likely N-dealkylation sites (tertiary alicyclic amines) is 1. The third-order valence-electron chi connectivity index (χ3n) is 6.32. The SMILES string of the molecule is COC(=O)[C@H](C)NC(=O)[C@@H]1[C@@H]2C(CN1C(=O)[C@@H](NC(=O)C(F)(F)F)C(C)(C)C)C2(C)C. The molecule has 0 aromatic heterocycles. The van der Waals surface area contributed by atoms with E-state index in [9.17, 15) is 32.3 Å². The molecular weight excluding hydrogens is 419 g/mol. The molecule has 0 aromatic rings. The second-order valence-corrected chi connectivity index (χ2v) is 9.91. The fraction of sp³-hybridized carbons (Fsp3) is 0.800. The van der Waals surface area contributed by atoms with Crippen molar-refractivity contribution < 1.29 is 37.1 Å². The molecule has 31 heavy (non-hydrogen) atoms. The lowest BCUT2D eigenvalue weighted by atomic mass is 9.85. The molecule has 1 aliphatic carbocycles. The van der Waals surface area contributed by atoms with Crippen LogP contribution in [0.5, 0.6) is 0 Å². The van der Waals surface area contributed by atoms with Crippen molar-refractivity contribution in [1.82, 2.24) is 15.5 Å². The largest absolute Gasteiger partial charge is 0.471 e. The molecule has 0 spiro atoms. The Labute approximate surface area is 179 Å². The fourth-order valence-corrected chi connectivity index (χ4v) is 4.38. The number of ether oxygens (including phenoxy) is 1. The number of carbonyl (C=O) groups excluding carboxylic acids is 4. The van der Waals surface area contributed by atoms with Crippen LogP contribution in [0.4, 0.5) is 13.2 Å². The van der Waals surface area contributed by atoms with E-state index in [1.807, 2.05) is 13.8 Å². The van der Waals surface area contributed by atoms with Gasteiger partial charge in [-0.1, -0.05) is 34.6 Å². The lowest BCUT2D eigenvalue weighted by molar-refractivity contribution is -0.176. The first-order chi connectivity index (χ1) is 13.9. The zero-order valence-electron chi connectivity index (χ0n) is 18.7.